The minimum atomic E-state index is -0.449. The van der Waals surface area contributed by atoms with Gasteiger partial charge in [-0.25, -0.2) is 4.98 Å². The summed E-state index contributed by atoms with van der Waals surface area (Å²) >= 11 is 7.35. The Morgan fingerprint density at radius 2 is 2.11 bits per heavy atom. The first-order valence-electron chi connectivity index (χ1n) is 7.77. The molecule has 0 radical (unpaired) electrons. The van der Waals surface area contributed by atoms with Crippen LogP contribution in [0.4, 0.5) is 5.69 Å². The summed E-state index contributed by atoms with van der Waals surface area (Å²) in [6, 6.07) is 11.3. The topological polar surface area (TPSA) is 87.3 Å². The highest BCUT2D eigenvalue weighted by Crippen LogP contribution is 2.26. The van der Waals surface area contributed by atoms with Crippen molar-refractivity contribution in [2.75, 3.05) is 7.11 Å². The van der Waals surface area contributed by atoms with Crippen molar-refractivity contribution in [3.8, 4) is 11.4 Å². The van der Waals surface area contributed by atoms with Crippen LogP contribution in [0.2, 0.25) is 5.02 Å². The molecule has 1 aromatic heterocycles. The quantitative estimate of drug-likeness (QED) is 0.350. The number of nitro groups is 1. The van der Waals surface area contributed by atoms with E-state index in [1.54, 1.807) is 36.5 Å². The van der Waals surface area contributed by atoms with Crippen LogP contribution in [0, 0.1) is 10.1 Å². The Bertz CT molecular complexity index is 1050. The van der Waals surface area contributed by atoms with Gasteiger partial charge in [-0.05, 0) is 23.8 Å². The second kappa shape index (κ2) is 8.24. The fraction of sp³-hybridized carbons (Fsp3) is 0.111. The maximum atomic E-state index is 12.7. The van der Waals surface area contributed by atoms with E-state index in [1.807, 2.05) is 0 Å². The monoisotopic (exact) mass is 403 g/mol. The van der Waals surface area contributed by atoms with Crippen molar-refractivity contribution < 1.29 is 9.66 Å². The lowest BCUT2D eigenvalue weighted by molar-refractivity contribution is -0.384. The van der Waals surface area contributed by atoms with Crippen LogP contribution in [0.25, 0.3) is 5.69 Å². The Morgan fingerprint density at radius 1 is 1.30 bits per heavy atom. The van der Waals surface area contributed by atoms with E-state index in [-0.39, 0.29) is 16.3 Å². The van der Waals surface area contributed by atoms with Gasteiger partial charge in [0.2, 0.25) is 0 Å². The number of thioether (sulfide) groups is 1. The van der Waals surface area contributed by atoms with Gasteiger partial charge in [-0.1, -0.05) is 35.5 Å². The Morgan fingerprint density at radius 3 is 2.81 bits per heavy atom. The van der Waals surface area contributed by atoms with Crippen LogP contribution in [-0.2, 0) is 5.75 Å². The molecule has 0 aliphatic heterocycles. The van der Waals surface area contributed by atoms with Gasteiger partial charge in [0.1, 0.15) is 5.75 Å². The van der Waals surface area contributed by atoms with Gasteiger partial charge < -0.3 is 4.74 Å². The van der Waals surface area contributed by atoms with Gasteiger partial charge in [-0.15, -0.1) is 0 Å². The molecule has 0 aliphatic rings. The van der Waals surface area contributed by atoms with E-state index >= 15 is 0 Å². The van der Waals surface area contributed by atoms with Gasteiger partial charge in [0.05, 0.1) is 22.7 Å². The summed E-state index contributed by atoms with van der Waals surface area (Å²) in [5.74, 6) is 0.903. The molecule has 0 bridgehead atoms. The zero-order valence-corrected chi connectivity index (χ0v) is 15.7. The lowest BCUT2D eigenvalue weighted by Gasteiger charge is -2.09. The third kappa shape index (κ3) is 4.29. The Kier molecular flexibility index (Phi) is 5.78. The number of nitrogens with zero attached hydrogens (tertiary/aromatic N) is 3. The van der Waals surface area contributed by atoms with E-state index in [2.05, 4.69) is 4.98 Å². The predicted molar refractivity (Wildman–Crippen MR) is 104 cm³/mol. The number of hydrogen-bond donors (Lipinski definition) is 0. The maximum Gasteiger partial charge on any atom is 0.287 e. The molecular weight excluding hydrogens is 390 g/mol. The molecule has 3 rings (SSSR count). The van der Waals surface area contributed by atoms with Crippen LogP contribution in [0.15, 0.2) is 64.7 Å². The molecule has 9 heteroatoms. The number of halogens is 1. The van der Waals surface area contributed by atoms with E-state index in [0.29, 0.717) is 22.2 Å². The average Bonchev–Trinajstić information content (AvgIpc) is 2.67. The summed E-state index contributed by atoms with van der Waals surface area (Å²) in [6.45, 7) is 0. The Hall–Kier alpha value is -2.84. The fourth-order valence-corrected chi connectivity index (χ4v) is 3.50. The summed E-state index contributed by atoms with van der Waals surface area (Å²) < 4.78 is 6.56. The molecule has 0 saturated carbocycles. The summed E-state index contributed by atoms with van der Waals surface area (Å²) in [4.78, 5) is 27.3. The number of nitro benzene ring substituents is 1. The van der Waals surface area contributed by atoms with Gasteiger partial charge in [0, 0.05) is 30.3 Å². The summed E-state index contributed by atoms with van der Waals surface area (Å²) in [5, 5.41) is 11.6. The minimum Gasteiger partial charge on any atom is -0.495 e. The van der Waals surface area contributed by atoms with Gasteiger partial charge in [0.15, 0.2) is 5.03 Å². The van der Waals surface area contributed by atoms with Crippen molar-refractivity contribution in [3.63, 3.8) is 0 Å². The van der Waals surface area contributed by atoms with Gasteiger partial charge in [-0.2, -0.15) is 0 Å². The molecule has 0 N–H and O–H groups in total. The third-order valence-electron chi connectivity index (χ3n) is 3.72. The lowest BCUT2D eigenvalue weighted by atomic mass is 10.2. The predicted octanol–water partition coefficient (Wildman–Crippen LogP) is 4.10. The first-order valence-corrected chi connectivity index (χ1v) is 9.13. The molecule has 0 spiro atoms. The van der Waals surface area contributed by atoms with Crippen molar-refractivity contribution in [1.29, 1.82) is 0 Å². The van der Waals surface area contributed by atoms with Crippen LogP contribution >= 0.6 is 23.4 Å². The molecule has 1 heterocycles. The van der Waals surface area contributed by atoms with Crippen molar-refractivity contribution in [2.45, 2.75) is 10.8 Å². The SMILES string of the molecule is COc1ccc(-n2ccnc(SCc3cccc([N+](=O)[O-])c3)c2=O)cc1Cl. The first kappa shape index (κ1) is 18.9. The largest absolute Gasteiger partial charge is 0.495 e. The molecule has 0 unspecified atom stereocenters. The molecule has 2 aromatic carbocycles. The zero-order valence-electron chi connectivity index (χ0n) is 14.2. The standard InChI is InChI=1S/C18H14ClN3O4S/c1-26-16-6-5-13(10-15(16)19)21-8-7-20-17(18(21)23)27-11-12-3-2-4-14(9-12)22(24)25/h2-10H,11H2,1H3. The van der Waals surface area contributed by atoms with Gasteiger partial charge in [-0.3, -0.25) is 19.5 Å². The molecule has 0 saturated heterocycles. The van der Waals surface area contributed by atoms with E-state index in [9.17, 15) is 14.9 Å². The minimum absolute atomic E-state index is 0.0133. The third-order valence-corrected chi connectivity index (χ3v) is 5.05. The van der Waals surface area contributed by atoms with Gasteiger partial charge >= 0.3 is 0 Å². The molecule has 0 aliphatic carbocycles. The number of aromatic nitrogens is 2. The van der Waals surface area contributed by atoms with Crippen molar-refractivity contribution >= 4 is 29.1 Å². The summed E-state index contributed by atoms with van der Waals surface area (Å²) in [7, 11) is 1.52. The second-order valence-electron chi connectivity index (χ2n) is 5.44. The normalized spacial score (nSPS) is 10.6. The smallest absolute Gasteiger partial charge is 0.287 e. The van der Waals surface area contributed by atoms with Crippen molar-refractivity contribution in [3.05, 3.63) is 85.9 Å². The average molecular weight is 404 g/mol. The Balaban J connectivity index is 1.85. The van der Waals surface area contributed by atoms with E-state index < -0.39 is 4.92 Å². The molecule has 0 fully saturated rings. The highest BCUT2D eigenvalue weighted by molar-refractivity contribution is 7.98. The second-order valence-corrected chi connectivity index (χ2v) is 6.81. The number of hydrogen-bond acceptors (Lipinski definition) is 6. The molecule has 27 heavy (non-hydrogen) atoms. The number of non-ortho nitro benzene ring substituents is 1. The summed E-state index contributed by atoms with van der Waals surface area (Å²) in [6.07, 6.45) is 3.08. The van der Waals surface area contributed by atoms with Crippen LogP contribution in [-0.4, -0.2) is 21.6 Å². The highest BCUT2D eigenvalue weighted by atomic mass is 35.5. The van der Waals surface area contributed by atoms with Crippen LogP contribution in [0.3, 0.4) is 0 Å². The molecule has 0 atom stereocenters. The highest BCUT2D eigenvalue weighted by Gasteiger charge is 2.11. The fourth-order valence-electron chi connectivity index (χ4n) is 2.41. The van der Waals surface area contributed by atoms with Crippen LogP contribution in [0.5, 0.6) is 5.75 Å². The maximum absolute atomic E-state index is 12.7. The number of benzene rings is 2. The van der Waals surface area contributed by atoms with Crippen LogP contribution in [0.1, 0.15) is 5.56 Å². The van der Waals surface area contributed by atoms with Crippen molar-refractivity contribution in [1.82, 2.24) is 9.55 Å². The first-order chi connectivity index (χ1) is 13.0. The molecule has 3 aromatic rings. The van der Waals surface area contributed by atoms with Gasteiger partial charge in [0.25, 0.3) is 11.2 Å². The number of methoxy groups -OCH3 is 1. The summed E-state index contributed by atoms with van der Waals surface area (Å²) in [5.41, 5.74) is 1.04. The molecular formula is C18H14ClN3O4S. The molecule has 0 amide bonds. The van der Waals surface area contributed by atoms with E-state index in [4.69, 9.17) is 16.3 Å². The number of rotatable bonds is 6. The number of ether oxygens (including phenoxy) is 1. The molecule has 138 valence electrons. The lowest BCUT2D eigenvalue weighted by Crippen LogP contribution is -2.20. The Labute approximate surface area is 163 Å². The van der Waals surface area contributed by atoms with Crippen molar-refractivity contribution in [2.24, 2.45) is 0 Å². The zero-order chi connectivity index (χ0) is 19.4. The van der Waals surface area contributed by atoms with Crippen LogP contribution < -0.4 is 10.3 Å². The van der Waals surface area contributed by atoms with E-state index in [0.717, 1.165) is 5.56 Å². The van der Waals surface area contributed by atoms with E-state index in [1.165, 1.54) is 41.8 Å². The molecule has 7 nitrogen and oxygen atoms in total.